The molecule has 0 unspecified atom stereocenters. The SMILES string of the molecule is O=C(O)c1cccc2c1N(S(=O)(=O)c1ccsc1)CC2. The number of carboxylic acid groups (broad SMARTS) is 1. The lowest BCUT2D eigenvalue weighted by Gasteiger charge is -2.20. The van der Waals surface area contributed by atoms with Gasteiger partial charge in [0.15, 0.2) is 0 Å². The fourth-order valence-electron chi connectivity index (χ4n) is 2.36. The van der Waals surface area contributed by atoms with Crippen LogP contribution in [-0.4, -0.2) is 26.0 Å². The number of fused-ring (bicyclic) bond motifs is 1. The molecular weight excluding hydrogens is 298 g/mol. The molecule has 1 aliphatic rings. The van der Waals surface area contributed by atoms with Crippen molar-refractivity contribution in [3.05, 3.63) is 46.2 Å². The summed E-state index contributed by atoms with van der Waals surface area (Å²) in [6.45, 7) is 0.276. The number of aromatic carboxylic acids is 1. The van der Waals surface area contributed by atoms with Crippen LogP contribution in [0.5, 0.6) is 0 Å². The van der Waals surface area contributed by atoms with Gasteiger partial charge < -0.3 is 5.11 Å². The molecule has 0 bridgehead atoms. The molecule has 7 heteroatoms. The van der Waals surface area contributed by atoms with Gasteiger partial charge in [0, 0.05) is 11.9 Å². The van der Waals surface area contributed by atoms with Gasteiger partial charge in [-0.05, 0) is 29.5 Å². The van der Waals surface area contributed by atoms with E-state index in [0.29, 0.717) is 12.1 Å². The molecule has 0 radical (unpaired) electrons. The predicted octanol–water partition coefficient (Wildman–Crippen LogP) is 2.20. The standard InChI is InChI=1S/C13H11NO4S2/c15-13(16)11-3-1-2-9-4-6-14(12(9)11)20(17,18)10-5-7-19-8-10/h1-3,5,7-8H,4,6H2,(H,15,16). The van der Waals surface area contributed by atoms with Gasteiger partial charge in [-0.2, -0.15) is 11.3 Å². The summed E-state index contributed by atoms with van der Waals surface area (Å²) in [6, 6.07) is 6.37. The van der Waals surface area contributed by atoms with Crippen LogP contribution in [0.15, 0.2) is 39.9 Å². The fourth-order valence-corrected chi connectivity index (χ4v) is 4.90. The van der Waals surface area contributed by atoms with Crippen molar-refractivity contribution in [2.75, 3.05) is 10.8 Å². The fraction of sp³-hybridized carbons (Fsp3) is 0.154. The number of para-hydroxylation sites is 1. The lowest BCUT2D eigenvalue weighted by atomic mass is 10.1. The summed E-state index contributed by atoms with van der Waals surface area (Å²) < 4.78 is 26.3. The van der Waals surface area contributed by atoms with E-state index in [1.54, 1.807) is 22.9 Å². The monoisotopic (exact) mass is 309 g/mol. The van der Waals surface area contributed by atoms with E-state index < -0.39 is 16.0 Å². The maximum atomic E-state index is 12.6. The summed E-state index contributed by atoms with van der Waals surface area (Å²) in [5.74, 6) is -1.12. The Morgan fingerprint density at radius 3 is 2.75 bits per heavy atom. The molecule has 1 N–H and O–H groups in total. The minimum Gasteiger partial charge on any atom is -0.478 e. The number of carboxylic acids is 1. The molecule has 3 rings (SSSR count). The quantitative estimate of drug-likeness (QED) is 0.943. The smallest absolute Gasteiger partial charge is 0.337 e. The van der Waals surface area contributed by atoms with E-state index >= 15 is 0 Å². The maximum Gasteiger partial charge on any atom is 0.337 e. The Hall–Kier alpha value is -1.86. The minimum absolute atomic E-state index is 0.0267. The molecule has 0 atom stereocenters. The molecule has 0 saturated carbocycles. The molecule has 0 amide bonds. The van der Waals surface area contributed by atoms with Gasteiger partial charge in [0.1, 0.15) is 0 Å². The average Bonchev–Trinajstić information content (AvgIpc) is 3.07. The predicted molar refractivity (Wildman–Crippen MR) is 76.0 cm³/mol. The van der Waals surface area contributed by atoms with Gasteiger partial charge in [0.2, 0.25) is 0 Å². The zero-order valence-electron chi connectivity index (χ0n) is 10.3. The zero-order chi connectivity index (χ0) is 14.3. The Morgan fingerprint density at radius 2 is 2.10 bits per heavy atom. The number of benzene rings is 1. The van der Waals surface area contributed by atoms with Crippen LogP contribution in [0.25, 0.3) is 0 Å². The van der Waals surface area contributed by atoms with E-state index in [9.17, 15) is 18.3 Å². The molecule has 1 aromatic heterocycles. The molecule has 0 aliphatic carbocycles. The van der Waals surface area contributed by atoms with Crippen LogP contribution >= 0.6 is 11.3 Å². The van der Waals surface area contributed by atoms with Gasteiger partial charge in [-0.3, -0.25) is 4.31 Å². The summed E-state index contributed by atoms with van der Waals surface area (Å²) in [7, 11) is -3.68. The highest BCUT2D eigenvalue weighted by atomic mass is 32.2. The number of carbonyl (C=O) groups is 1. The number of nitrogens with zero attached hydrogens (tertiary/aromatic N) is 1. The molecule has 104 valence electrons. The van der Waals surface area contributed by atoms with E-state index in [1.165, 1.54) is 27.8 Å². The number of rotatable bonds is 3. The van der Waals surface area contributed by atoms with Gasteiger partial charge in [-0.15, -0.1) is 0 Å². The molecule has 0 saturated heterocycles. The Bertz CT molecular complexity index is 766. The zero-order valence-corrected chi connectivity index (χ0v) is 11.9. The van der Waals surface area contributed by atoms with Crippen molar-refractivity contribution < 1.29 is 18.3 Å². The van der Waals surface area contributed by atoms with Gasteiger partial charge >= 0.3 is 5.97 Å². The van der Waals surface area contributed by atoms with Crippen LogP contribution in [-0.2, 0) is 16.4 Å². The Kier molecular flexibility index (Phi) is 3.02. The van der Waals surface area contributed by atoms with Gasteiger partial charge in [0.05, 0.1) is 16.1 Å². The topological polar surface area (TPSA) is 74.7 Å². The second-order valence-corrected chi connectivity index (χ2v) is 7.05. The van der Waals surface area contributed by atoms with Crippen molar-refractivity contribution in [2.24, 2.45) is 0 Å². The number of anilines is 1. The summed E-state index contributed by atoms with van der Waals surface area (Å²) in [4.78, 5) is 11.5. The second-order valence-electron chi connectivity index (χ2n) is 4.40. The molecule has 0 fully saturated rings. The van der Waals surface area contributed by atoms with Crippen LogP contribution in [0, 0.1) is 0 Å². The molecule has 0 spiro atoms. The molecular formula is C13H11NO4S2. The van der Waals surface area contributed by atoms with Crippen molar-refractivity contribution in [3.63, 3.8) is 0 Å². The van der Waals surface area contributed by atoms with Crippen LogP contribution < -0.4 is 4.31 Å². The Morgan fingerprint density at radius 1 is 1.30 bits per heavy atom. The van der Waals surface area contributed by atoms with E-state index in [-0.39, 0.29) is 17.0 Å². The molecule has 2 aromatic rings. The lowest BCUT2D eigenvalue weighted by molar-refractivity contribution is 0.0698. The molecule has 2 heterocycles. The first-order valence-electron chi connectivity index (χ1n) is 5.92. The van der Waals surface area contributed by atoms with E-state index in [1.807, 2.05) is 0 Å². The van der Waals surface area contributed by atoms with Gasteiger partial charge in [-0.25, -0.2) is 13.2 Å². The normalized spacial score (nSPS) is 14.3. The van der Waals surface area contributed by atoms with Crippen molar-refractivity contribution >= 4 is 33.0 Å². The third-order valence-corrected chi connectivity index (χ3v) is 5.89. The largest absolute Gasteiger partial charge is 0.478 e. The molecule has 1 aromatic carbocycles. The first-order chi connectivity index (χ1) is 9.51. The van der Waals surface area contributed by atoms with Crippen molar-refractivity contribution in [1.29, 1.82) is 0 Å². The van der Waals surface area contributed by atoms with Crippen molar-refractivity contribution in [3.8, 4) is 0 Å². The van der Waals surface area contributed by atoms with Gasteiger partial charge in [-0.1, -0.05) is 12.1 Å². The number of hydrogen-bond acceptors (Lipinski definition) is 4. The Balaban J connectivity index is 2.17. The van der Waals surface area contributed by atoms with Crippen molar-refractivity contribution in [1.82, 2.24) is 0 Å². The summed E-state index contributed by atoms with van der Waals surface area (Å²) in [5.41, 5.74) is 1.08. The minimum atomic E-state index is -3.68. The average molecular weight is 309 g/mol. The van der Waals surface area contributed by atoms with E-state index in [0.717, 1.165) is 5.56 Å². The van der Waals surface area contributed by atoms with Crippen LogP contribution in [0.4, 0.5) is 5.69 Å². The van der Waals surface area contributed by atoms with Crippen LogP contribution in [0.1, 0.15) is 15.9 Å². The van der Waals surface area contributed by atoms with Crippen LogP contribution in [0.3, 0.4) is 0 Å². The highest BCUT2D eigenvalue weighted by Crippen LogP contribution is 2.36. The second kappa shape index (κ2) is 4.60. The van der Waals surface area contributed by atoms with E-state index in [2.05, 4.69) is 0 Å². The van der Waals surface area contributed by atoms with Gasteiger partial charge in [0.25, 0.3) is 10.0 Å². The van der Waals surface area contributed by atoms with Crippen molar-refractivity contribution in [2.45, 2.75) is 11.3 Å². The maximum absolute atomic E-state index is 12.6. The highest BCUT2D eigenvalue weighted by molar-refractivity contribution is 7.93. The van der Waals surface area contributed by atoms with E-state index in [4.69, 9.17) is 0 Å². The molecule has 5 nitrogen and oxygen atoms in total. The summed E-state index contributed by atoms with van der Waals surface area (Å²) in [6.07, 6.45) is 0.528. The summed E-state index contributed by atoms with van der Waals surface area (Å²) >= 11 is 1.29. The highest BCUT2D eigenvalue weighted by Gasteiger charge is 2.34. The number of sulfonamides is 1. The summed E-state index contributed by atoms with van der Waals surface area (Å²) in [5, 5.41) is 12.5. The third kappa shape index (κ3) is 1.90. The molecule has 20 heavy (non-hydrogen) atoms. The molecule has 1 aliphatic heterocycles. The third-order valence-electron chi connectivity index (χ3n) is 3.27. The first kappa shape index (κ1) is 13.1. The number of thiophene rings is 1. The lowest BCUT2D eigenvalue weighted by Crippen LogP contribution is -2.30. The Labute approximate surface area is 120 Å². The number of hydrogen-bond donors (Lipinski definition) is 1. The van der Waals surface area contributed by atoms with Crippen LogP contribution in [0.2, 0.25) is 0 Å². The first-order valence-corrected chi connectivity index (χ1v) is 8.30.